The summed E-state index contributed by atoms with van der Waals surface area (Å²) in [5.41, 5.74) is 0.386. The molecule has 0 aromatic heterocycles. The third kappa shape index (κ3) is 4.10. The number of rotatable bonds is 7. The van der Waals surface area contributed by atoms with Gasteiger partial charge in [-0.2, -0.15) is 0 Å². The first-order chi connectivity index (χ1) is 16.6. The smallest absolute Gasteiger partial charge is 0.338 e. The van der Waals surface area contributed by atoms with Crippen molar-refractivity contribution in [1.82, 2.24) is 10.2 Å². The summed E-state index contributed by atoms with van der Waals surface area (Å²) in [5.74, 6) is -1.65. The molecule has 5 aliphatic rings. The SMILES string of the molecule is C[C@H](C(=O)N[C@H](C)C(=O)O)N1C(=O)c2ccc(C(=O)OCC34CC5CC(CC(C5)C3)C4)cc2C1=O. The Labute approximate surface area is 203 Å². The van der Waals surface area contributed by atoms with Gasteiger partial charge in [-0.1, -0.05) is 0 Å². The quantitative estimate of drug-likeness (QED) is 0.451. The normalized spacial score (nSPS) is 30.1. The van der Waals surface area contributed by atoms with Gasteiger partial charge in [0.25, 0.3) is 11.8 Å². The molecule has 3 amide bonds. The Kier molecular flexibility index (Phi) is 5.68. The maximum absolute atomic E-state index is 13.0. The van der Waals surface area contributed by atoms with Gasteiger partial charge in [-0.3, -0.25) is 24.1 Å². The molecule has 9 nitrogen and oxygen atoms in total. The summed E-state index contributed by atoms with van der Waals surface area (Å²) in [4.78, 5) is 62.9. The minimum absolute atomic E-state index is 0.0326. The van der Waals surface area contributed by atoms with Crippen LogP contribution >= 0.6 is 0 Å². The molecule has 0 radical (unpaired) electrons. The number of ether oxygens (including phenoxy) is 1. The monoisotopic (exact) mass is 482 g/mol. The summed E-state index contributed by atoms with van der Waals surface area (Å²) in [5, 5.41) is 11.3. The van der Waals surface area contributed by atoms with E-state index in [9.17, 15) is 24.0 Å². The third-order valence-electron chi connectivity index (χ3n) is 8.32. The zero-order valence-corrected chi connectivity index (χ0v) is 19.9. The van der Waals surface area contributed by atoms with Gasteiger partial charge >= 0.3 is 11.9 Å². The molecule has 186 valence electrons. The number of carbonyl (C=O) groups excluding carboxylic acids is 4. The first kappa shape index (κ1) is 23.5. The molecule has 2 atom stereocenters. The summed E-state index contributed by atoms with van der Waals surface area (Å²) in [7, 11) is 0. The van der Waals surface area contributed by atoms with E-state index >= 15 is 0 Å². The van der Waals surface area contributed by atoms with Crippen LogP contribution < -0.4 is 5.32 Å². The fraction of sp³-hybridized carbons (Fsp3) is 0.577. The van der Waals surface area contributed by atoms with Crippen LogP contribution in [-0.4, -0.2) is 58.4 Å². The largest absolute Gasteiger partial charge is 0.480 e. The number of amides is 3. The number of esters is 1. The number of nitrogens with one attached hydrogen (secondary N) is 1. The number of hydrogen-bond acceptors (Lipinski definition) is 6. The van der Waals surface area contributed by atoms with E-state index in [2.05, 4.69) is 5.32 Å². The van der Waals surface area contributed by atoms with Crippen molar-refractivity contribution >= 4 is 29.7 Å². The highest BCUT2D eigenvalue weighted by atomic mass is 16.5. The second kappa shape index (κ2) is 8.46. The Bertz CT molecular complexity index is 1090. The molecule has 0 spiro atoms. The Hall–Kier alpha value is -3.23. The Balaban J connectivity index is 1.27. The summed E-state index contributed by atoms with van der Waals surface area (Å²) < 4.78 is 5.74. The average Bonchev–Trinajstić information content (AvgIpc) is 3.05. The molecule has 4 aliphatic carbocycles. The fourth-order valence-electron chi connectivity index (χ4n) is 7.02. The van der Waals surface area contributed by atoms with E-state index in [1.807, 2.05) is 0 Å². The van der Waals surface area contributed by atoms with Crippen molar-refractivity contribution < 1.29 is 33.8 Å². The van der Waals surface area contributed by atoms with Crippen molar-refractivity contribution in [2.24, 2.45) is 23.2 Å². The van der Waals surface area contributed by atoms with E-state index in [4.69, 9.17) is 9.84 Å². The second-order valence-corrected chi connectivity index (χ2v) is 11.0. The Morgan fingerprint density at radius 3 is 2.17 bits per heavy atom. The van der Waals surface area contributed by atoms with Crippen LogP contribution in [0.15, 0.2) is 18.2 Å². The molecule has 9 heteroatoms. The van der Waals surface area contributed by atoms with Crippen molar-refractivity contribution in [3.05, 3.63) is 34.9 Å². The van der Waals surface area contributed by atoms with Crippen molar-refractivity contribution in [3.8, 4) is 0 Å². The number of fused-ring (bicyclic) bond motifs is 1. The third-order valence-corrected chi connectivity index (χ3v) is 8.32. The summed E-state index contributed by atoms with van der Waals surface area (Å²) >= 11 is 0. The molecule has 4 bridgehead atoms. The molecule has 0 saturated heterocycles. The van der Waals surface area contributed by atoms with Crippen molar-refractivity contribution in [2.75, 3.05) is 6.61 Å². The first-order valence-electron chi connectivity index (χ1n) is 12.3. The number of carbonyl (C=O) groups is 5. The van der Waals surface area contributed by atoms with Gasteiger partial charge in [0.2, 0.25) is 5.91 Å². The lowest BCUT2D eigenvalue weighted by Gasteiger charge is -2.56. The number of hydrogen-bond donors (Lipinski definition) is 2. The van der Waals surface area contributed by atoms with E-state index in [0.29, 0.717) is 6.61 Å². The number of carboxylic acid groups (broad SMARTS) is 1. The first-order valence-corrected chi connectivity index (χ1v) is 12.3. The lowest BCUT2D eigenvalue weighted by Crippen LogP contribution is -2.51. The number of imide groups is 1. The van der Waals surface area contributed by atoms with Crippen LogP contribution in [-0.2, 0) is 14.3 Å². The van der Waals surface area contributed by atoms with E-state index in [1.54, 1.807) is 0 Å². The van der Waals surface area contributed by atoms with Crippen LogP contribution in [0.5, 0.6) is 0 Å². The topological polar surface area (TPSA) is 130 Å². The highest BCUT2D eigenvalue weighted by Gasteiger charge is 2.51. The van der Waals surface area contributed by atoms with Gasteiger partial charge in [0, 0.05) is 5.41 Å². The van der Waals surface area contributed by atoms with Gasteiger partial charge in [-0.15, -0.1) is 0 Å². The van der Waals surface area contributed by atoms with E-state index in [1.165, 1.54) is 51.3 Å². The molecule has 4 fully saturated rings. The van der Waals surface area contributed by atoms with E-state index in [0.717, 1.165) is 41.9 Å². The van der Waals surface area contributed by atoms with Crippen molar-refractivity contribution in [2.45, 2.75) is 64.5 Å². The summed E-state index contributed by atoms with van der Waals surface area (Å²) in [6.07, 6.45) is 7.24. The highest BCUT2D eigenvalue weighted by Crippen LogP contribution is 2.60. The summed E-state index contributed by atoms with van der Waals surface area (Å²) in [6.45, 7) is 3.02. The fourth-order valence-corrected chi connectivity index (χ4v) is 7.02. The van der Waals surface area contributed by atoms with Gasteiger partial charge in [0.1, 0.15) is 12.1 Å². The molecule has 1 aliphatic heterocycles. The van der Waals surface area contributed by atoms with Crippen LogP contribution in [0.2, 0.25) is 0 Å². The van der Waals surface area contributed by atoms with Crippen LogP contribution in [0.1, 0.15) is 83.4 Å². The zero-order valence-electron chi connectivity index (χ0n) is 19.9. The van der Waals surface area contributed by atoms with Crippen LogP contribution in [0, 0.1) is 23.2 Å². The Morgan fingerprint density at radius 2 is 1.60 bits per heavy atom. The van der Waals surface area contributed by atoms with Gasteiger partial charge in [0.15, 0.2) is 0 Å². The number of benzene rings is 1. The molecule has 4 saturated carbocycles. The van der Waals surface area contributed by atoms with Crippen molar-refractivity contribution in [1.29, 1.82) is 0 Å². The molecule has 35 heavy (non-hydrogen) atoms. The number of aliphatic carboxylic acids is 1. The van der Waals surface area contributed by atoms with E-state index < -0.39 is 41.7 Å². The number of nitrogens with zero attached hydrogens (tertiary/aromatic N) is 1. The molecule has 6 rings (SSSR count). The molecule has 1 aromatic rings. The average molecular weight is 483 g/mol. The maximum atomic E-state index is 13.0. The maximum Gasteiger partial charge on any atom is 0.338 e. The van der Waals surface area contributed by atoms with Crippen LogP contribution in [0.4, 0.5) is 0 Å². The summed E-state index contributed by atoms with van der Waals surface area (Å²) in [6, 6.07) is 1.84. The predicted molar refractivity (Wildman–Crippen MR) is 123 cm³/mol. The lowest BCUT2D eigenvalue weighted by molar-refractivity contribution is -0.141. The molecule has 2 N–H and O–H groups in total. The zero-order chi connectivity index (χ0) is 25.1. The lowest BCUT2D eigenvalue weighted by atomic mass is 9.50. The molecule has 1 heterocycles. The highest BCUT2D eigenvalue weighted by molar-refractivity contribution is 6.23. The number of carboxylic acids is 1. The Morgan fingerprint density at radius 1 is 1.03 bits per heavy atom. The minimum atomic E-state index is -1.23. The van der Waals surface area contributed by atoms with Crippen molar-refractivity contribution in [3.63, 3.8) is 0 Å². The van der Waals surface area contributed by atoms with Gasteiger partial charge in [0.05, 0.1) is 23.3 Å². The molecular formula is C26H30N2O7. The van der Waals surface area contributed by atoms with E-state index in [-0.39, 0.29) is 22.1 Å². The van der Waals surface area contributed by atoms with Gasteiger partial charge < -0.3 is 15.2 Å². The molecule has 1 aromatic carbocycles. The van der Waals surface area contributed by atoms with Gasteiger partial charge in [-0.25, -0.2) is 4.79 Å². The standard InChI is InChI=1S/C26H30N2O7/c1-13(24(32)33)27-21(29)14(2)28-22(30)19-4-3-18(8-20(19)23(28)31)25(34)35-12-26-9-15-5-16(10-26)7-17(6-15)11-26/h3-4,8,13-17H,5-7,9-12H2,1-2H3,(H,27,29)(H,32,33)/t13-,14-,15?,16?,17?,26?/m1/s1. The minimum Gasteiger partial charge on any atom is -0.480 e. The second-order valence-electron chi connectivity index (χ2n) is 11.0. The predicted octanol–water partition coefficient (Wildman–Crippen LogP) is 2.63. The molecule has 0 unspecified atom stereocenters. The molecular weight excluding hydrogens is 452 g/mol. The van der Waals surface area contributed by atoms with Gasteiger partial charge in [-0.05, 0) is 88.3 Å². The van der Waals surface area contributed by atoms with Crippen LogP contribution in [0.25, 0.3) is 0 Å². The van der Waals surface area contributed by atoms with Crippen LogP contribution in [0.3, 0.4) is 0 Å².